The minimum Gasteiger partial charge on any atom is -0.497 e. The van der Waals surface area contributed by atoms with E-state index < -0.39 is 0 Å². The highest BCUT2D eigenvalue weighted by Gasteiger charge is 2.48. The van der Waals surface area contributed by atoms with Gasteiger partial charge in [-0.2, -0.15) is 0 Å². The van der Waals surface area contributed by atoms with E-state index in [9.17, 15) is 0 Å². The van der Waals surface area contributed by atoms with Crippen molar-refractivity contribution in [2.24, 2.45) is 5.92 Å². The van der Waals surface area contributed by atoms with Crippen LogP contribution in [0.4, 0.5) is 0 Å². The van der Waals surface area contributed by atoms with E-state index in [4.69, 9.17) is 14.2 Å². The molecule has 3 atom stereocenters. The van der Waals surface area contributed by atoms with Crippen LogP contribution >= 0.6 is 0 Å². The molecule has 2 aliphatic rings. The van der Waals surface area contributed by atoms with Crippen molar-refractivity contribution in [3.8, 4) is 11.5 Å². The molecule has 28 heavy (non-hydrogen) atoms. The smallest absolute Gasteiger partial charge is 0.207 e. The minimum absolute atomic E-state index is 0.106. The second-order valence-corrected chi connectivity index (χ2v) is 9.92. The molecule has 1 aliphatic carbocycles. The standard InChI is InChI=1S/C24H29O3S/c1-16-12-23-18(15-24(16,2)27-5)13-17-14-19(25-3)10-11-21(17)28(23)22-9-7-6-8-20(22)26-4/h6-11,14,16H,12-13,15H2,1-5H3/q+1. The van der Waals surface area contributed by atoms with E-state index in [1.54, 1.807) is 19.1 Å². The second kappa shape index (κ2) is 7.49. The Hall–Kier alpha value is -1.91. The molecule has 2 aromatic rings. The SMILES string of the molecule is COc1ccc2c(c1)CC1=C(CC(C)C(C)(OC)C1)[S+]2c1ccccc1OC. The molecule has 0 amide bonds. The predicted molar refractivity (Wildman–Crippen MR) is 114 cm³/mol. The molecular weight excluding hydrogens is 368 g/mol. The monoisotopic (exact) mass is 397 g/mol. The van der Waals surface area contributed by atoms with Crippen molar-refractivity contribution in [2.45, 2.75) is 48.5 Å². The van der Waals surface area contributed by atoms with Crippen molar-refractivity contribution >= 4 is 10.9 Å². The predicted octanol–water partition coefficient (Wildman–Crippen LogP) is 5.39. The quantitative estimate of drug-likeness (QED) is 0.648. The number of hydrogen-bond acceptors (Lipinski definition) is 3. The van der Waals surface area contributed by atoms with Crippen LogP contribution in [0, 0.1) is 5.92 Å². The van der Waals surface area contributed by atoms with Gasteiger partial charge in [0.1, 0.15) is 10.7 Å². The van der Waals surface area contributed by atoms with Crippen molar-refractivity contribution in [1.82, 2.24) is 0 Å². The van der Waals surface area contributed by atoms with Crippen molar-refractivity contribution < 1.29 is 14.2 Å². The molecular formula is C24H29O3S+. The molecule has 3 nitrogen and oxygen atoms in total. The number of rotatable bonds is 4. The van der Waals surface area contributed by atoms with Gasteiger partial charge in [0.05, 0.1) is 30.7 Å². The highest BCUT2D eigenvalue weighted by molar-refractivity contribution is 8.00. The molecule has 0 spiro atoms. The number of hydrogen-bond donors (Lipinski definition) is 0. The van der Waals surface area contributed by atoms with E-state index >= 15 is 0 Å². The number of ether oxygens (including phenoxy) is 3. The first-order valence-electron chi connectivity index (χ1n) is 9.81. The van der Waals surface area contributed by atoms with Gasteiger partial charge in [0.25, 0.3) is 0 Å². The first-order valence-corrected chi connectivity index (χ1v) is 11.0. The highest BCUT2D eigenvalue weighted by Crippen LogP contribution is 2.51. The molecule has 3 unspecified atom stereocenters. The molecule has 1 aliphatic heterocycles. The van der Waals surface area contributed by atoms with Gasteiger partial charge in [-0.05, 0) is 48.7 Å². The Labute approximate surface area is 171 Å². The molecule has 0 fully saturated rings. The summed E-state index contributed by atoms with van der Waals surface area (Å²) < 4.78 is 17.3. The zero-order valence-electron chi connectivity index (χ0n) is 17.4. The molecule has 0 N–H and O–H groups in total. The lowest BCUT2D eigenvalue weighted by Crippen LogP contribution is -2.41. The van der Waals surface area contributed by atoms with Crippen LogP contribution < -0.4 is 9.47 Å². The van der Waals surface area contributed by atoms with Crippen LogP contribution in [-0.4, -0.2) is 26.9 Å². The van der Waals surface area contributed by atoms with Crippen molar-refractivity contribution in [3.63, 3.8) is 0 Å². The van der Waals surface area contributed by atoms with Crippen LogP contribution in [0.5, 0.6) is 11.5 Å². The topological polar surface area (TPSA) is 27.7 Å². The third-order valence-corrected chi connectivity index (χ3v) is 8.95. The second-order valence-electron chi connectivity index (χ2n) is 7.93. The summed E-state index contributed by atoms with van der Waals surface area (Å²) in [6.45, 7) is 4.57. The number of allylic oxidation sites excluding steroid dienone is 1. The van der Waals surface area contributed by atoms with Gasteiger partial charge < -0.3 is 14.2 Å². The molecule has 4 rings (SSSR count). The van der Waals surface area contributed by atoms with Gasteiger partial charge in [0, 0.05) is 31.9 Å². The number of benzene rings is 2. The average Bonchev–Trinajstić information content (AvgIpc) is 2.72. The fourth-order valence-electron chi connectivity index (χ4n) is 4.42. The molecule has 1 heterocycles. The maximum atomic E-state index is 5.98. The number of methoxy groups -OCH3 is 3. The van der Waals surface area contributed by atoms with Crippen LogP contribution in [0.25, 0.3) is 0 Å². The zero-order valence-corrected chi connectivity index (χ0v) is 18.2. The van der Waals surface area contributed by atoms with Gasteiger partial charge in [-0.25, -0.2) is 0 Å². The van der Waals surface area contributed by atoms with E-state index in [2.05, 4.69) is 50.2 Å². The van der Waals surface area contributed by atoms with Gasteiger partial charge in [-0.3, -0.25) is 0 Å². The van der Waals surface area contributed by atoms with Gasteiger partial charge in [-0.15, -0.1) is 0 Å². The third kappa shape index (κ3) is 3.13. The lowest BCUT2D eigenvalue weighted by Gasteiger charge is -2.41. The van der Waals surface area contributed by atoms with Crippen LogP contribution in [0.15, 0.2) is 62.7 Å². The van der Waals surface area contributed by atoms with Crippen molar-refractivity contribution in [3.05, 3.63) is 58.5 Å². The summed E-state index contributed by atoms with van der Waals surface area (Å²) in [6.07, 6.45) is 3.02. The molecule has 0 aromatic heterocycles. The largest absolute Gasteiger partial charge is 0.497 e. The molecule has 148 valence electrons. The molecule has 0 saturated carbocycles. The average molecular weight is 398 g/mol. The van der Waals surface area contributed by atoms with Crippen LogP contribution in [0.2, 0.25) is 0 Å². The van der Waals surface area contributed by atoms with Crippen molar-refractivity contribution in [1.29, 1.82) is 0 Å². The molecule has 4 heteroatoms. The van der Waals surface area contributed by atoms with Gasteiger partial charge in [-0.1, -0.05) is 19.1 Å². The van der Waals surface area contributed by atoms with E-state index in [1.807, 2.05) is 13.2 Å². The summed E-state index contributed by atoms with van der Waals surface area (Å²) in [4.78, 5) is 4.25. The molecule has 2 aromatic carbocycles. The van der Waals surface area contributed by atoms with Gasteiger partial charge >= 0.3 is 0 Å². The molecule has 0 saturated heterocycles. The Kier molecular flexibility index (Phi) is 5.19. The normalized spacial score (nSPS) is 26.5. The van der Waals surface area contributed by atoms with Crippen LogP contribution in [0.1, 0.15) is 32.3 Å². The lowest BCUT2D eigenvalue weighted by molar-refractivity contribution is -0.0417. The maximum Gasteiger partial charge on any atom is 0.207 e. The fraction of sp³-hybridized carbons (Fsp3) is 0.417. The summed E-state index contributed by atoms with van der Waals surface area (Å²) in [5.74, 6) is 2.36. The Morgan fingerprint density at radius 3 is 2.50 bits per heavy atom. The Balaban J connectivity index is 1.91. The molecule has 0 radical (unpaired) electrons. The summed E-state index contributed by atoms with van der Waals surface area (Å²) >= 11 is 0. The van der Waals surface area contributed by atoms with Gasteiger partial charge in [0.15, 0.2) is 10.6 Å². The van der Waals surface area contributed by atoms with E-state index in [0.717, 1.165) is 30.8 Å². The first-order chi connectivity index (χ1) is 13.5. The lowest BCUT2D eigenvalue weighted by atomic mass is 9.76. The third-order valence-electron chi connectivity index (χ3n) is 6.39. The Morgan fingerprint density at radius 2 is 1.79 bits per heavy atom. The molecule has 0 bridgehead atoms. The van der Waals surface area contributed by atoms with Crippen LogP contribution in [0.3, 0.4) is 0 Å². The van der Waals surface area contributed by atoms with Gasteiger partial charge in [0.2, 0.25) is 4.90 Å². The maximum absolute atomic E-state index is 5.98. The summed E-state index contributed by atoms with van der Waals surface area (Å²) in [5.41, 5.74) is 2.78. The zero-order chi connectivity index (χ0) is 19.9. The summed E-state index contributed by atoms with van der Waals surface area (Å²) in [7, 11) is 5.22. The van der Waals surface area contributed by atoms with E-state index in [-0.39, 0.29) is 16.5 Å². The number of fused-ring (bicyclic) bond motifs is 1. The summed E-state index contributed by atoms with van der Waals surface area (Å²) in [5, 5.41) is 0. The van der Waals surface area contributed by atoms with E-state index in [0.29, 0.717) is 5.92 Å². The fourth-order valence-corrected chi connectivity index (χ4v) is 7.20. The Morgan fingerprint density at radius 1 is 1.00 bits per heavy atom. The minimum atomic E-state index is -0.134. The number of para-hydroxylation sites is 1. The first kappa shape index (κ1) is 19.4. The van der Waals surface area contributed by atoms with Crippen molar-refractivity contribution in [2.75, 3.05) is 21.3 Å². The van der Waals surface area contributed by atoms with Crippen LogP contribution in [-0.2, 0) is 22.1 Å². The van der Waals surface area contributed by atoms with E-state index in [1.165, 1.54) is 20.9 Å². The Bertz CT molecular complexity index is 920. The highest BCUT2D eigenvalue weighted by atomic mass is 32.2. The summed E-state index contributed by atoms with van der Waals surface area (Å²) in [6, 6.07) is 15.0.